The fourth-order valence-corrected chi connectivity index (χ4v) is 1.49. The van der Waals surface area contributed by atoms with E-state index in [1.54, 1.807) is 11.8 Å². The van der Waals surface area contributed by atoms with Crippen molar-refractivity contribution in [3.05, 3.63) is 0 Å². The van der Waals surface area contributed by atoms with Gasteiger partial charge in [-0.2, -0.15) is 0 Å². The van der Waals surface area contributed by atoms with E-state index in [4.69, 9.17) is 0 Å². The van der Waals surface area contributed by atoms with Gasteiger partial charge in [-0.15, -0.1) is 0 Å². The minimum absolute atomic E-state index is 0.495. The van der Waals surface area contributed by atoms with Gasteiger partial charge in [0.1, 0.15) is 0 Å². The van der Waals surface area contributed by atoms with Crippen molar-refractivity contribution in [3.63, 3.8) is 0 Å². The average Bonchev–Trinajstić information content (AvgIpc) is 2.14. The van der Waals surface area contributed by atoms with Crippen LogP contribution in [-0.2, 0) is 15.9 Å². The molecule has 1 aliphatic rings. The van der Waals surface area contributed by atoms with Gasteiger partial charge in [0.15, 0.2) is 0 Å². The van der Waals surface area contributed by atoms with Crippen molar-refractivity contribution in [2.45, 2.75) is 0 Å². The molecule has 4 heteroatoms. The van der Waals surface area contributed by atoms with Crippen LogP contribution in [-0.4, -0.2) is 16.7 Å². The number of hydrogen-bond acceptors (Lipinski definition) is 3. The fourth-order valence-electron chi connectivity index (χ4n) is 0.366. The van der Waals surface area contributed by atoms with Crippen LogP contribution >= 0.6 is 11.8 Å². The van der Waals surface area contributed by atoms with E-state index in [1.807, 2.05) is 0 Å². The molecule has 0 fully saturated rings. The molecule has 0 aromatic carbocycles. The summed E-state index contributed by atoms with van der Waals surface area (Å²) in [5, 5.41) is 0. The summed E-state index contributed by atoms with van der Waals surface area (Å²) in [6.45, 7) is 0.829. The normalized spacial score (nSPS) is 19.1. The molecule has 0 unspecified atom stereocenters. The molecule has 0 atom stereocenters. The van der Waals surface area contributed by atoms with Crippen LogP contribution in [0.1, 0.15) is 0 Å². The summed E-state index contributed by atoms with van der Waals surface area (Å²) in [5.74, 6) is 0.991. The Morgan fingerprint density at radius 3 is 3.00 bits per heavy atom. The van der Waals surface area contributed by atoms with Crippen LogP contribution in [0.2, 0.25) is 0 Å². The lowest BCUT2D eigenvalue weighted by Crippen LogP contribution is -1.77. The predicted molar refractivity (Wildman–Crippen MR) is 32.8 cm³/mol. The van der Waals surface area contributed by atoms with Gasteiger partial charge in [0.25, 0.3) is 0 Å². The molecule has 2 nitrogen and oxygen atoms in total. The zero-order valence-corrected chi connectivity index (χ0v) is 5.22. The van der Waals surface area contributed by atoms with Gasteiger partial charge >= 0.3 is 16.0 Å². The Kier molecular flexibility index (Phi) is 1.76. The van der Waals surface area contributed by atoms with Gasteiger partial charge < -0.3 is 0 Å². The number of aliphatic imine (C=N–C) groups is 1. The molecule has 0 aliphatic carbocycles. The third-order valence-electron chi connectivity index (χ3n) is 0.629. The smallest absolute Gasteiger partial charge is 0.220 e. The standard InChI is InChI=1S/C3H4NOS2/c5-7-3-4-1-2-6-3/h1-2H2/q+1. The minimum Gasteiger partial charge on any atom is -0.220 e. The Bertz CT molecular complexity index is 112. The van der Waals surface area contributed by atoms with E-state index in [0.29, 0.717) is 16.0 Å². The molecule has 0 amide bonds. The molecule has 0 N–H and O–H groups in total. The number of thioether (sulfide) groups is 1. The molecule has 1 rings (SSSR count). The van der Waals surface area contributed by atoms with Crippen molar-refractivity contribution in [3.8, 4) is 0 Å². The molecular weight excluding hydrogens is 130 g/mol. The summed E-state index contributed by atoms with van der Waals surface area (Å²) in [4.78, 5) is 3.88. The van der Waals surface area contributed by atoms with E-state index in [1.165, 1.54) is 0 Å². The Morgan fingerprint density at radius 2 is 2.71 bits per heavy atom. The first-order chi connectivity index (χ1) is 3.43. The Labute approximate surface area is 49.9 Å². The maximum Gasteiger partial charge on any atom is 0.534 e. The number of rotatable bonds is 0. The SMILES string of the molecule is O=[S+]C1=NCCS1. The van der Waals surface area contributed by atoms with E-state index in [9.17, 15) is 4.21 Å². The van der Waals surface area contributed by atoms with Crippen molar-refractivity contribution < 1.29 is 4.21 Å². The van der Waals surface area contributed by atoms with Gasteiger partial charge in [-0.3, -0.25) is 0 Å². The largest absolute Gasteiger partial charge is 0.534 e. The highest BCUT2D eigenvalue weighted by Gasteiger charge is 2.18. The topological polar surface area (TPSA) is 29.4 Å². The zero-order chi connectivity index (χ0) is 5.11. The molecule has 0 aromatic rings. The monoisotopic (exact) mass is 134 g/mol. The molecule has 1 aliphatic heterocycles. The van der Waals surface area contributed by atoms with Crippen LogP contribution in [0.25, 0.3) is 0 Å². The van der Waals surface area contributed by atoms with Crippen LogP contribution in [0.5, 0.6) is 0 Å². The van der Waals surface area contributed by atoms with Gasteiger partial charge in [-0.05, 0) is 11.8 Å². The second-order valence-electron chi connectivity index (χ2n) is 1.08. The quantitative estimate of drug-likeness (QED) is 0.452. The molecule has 38 valence electrons. The van der Waals surface area contributed by atoms with Gasteiger partial charge in [-0.25, -0.2) is 4.99 Å². The molecule has 0 saturated heterocycles. The fraction of sp³-hybridized carbons (Fsp3) is 0.667. The Balaban J connectivity index is 2.51. The first-order valence-electron chi connectivity index (χ1n) is 1.90. The average molecular weight is 134 g/mol. The van der Waals surface area contributed by atoms with E-state index >= 15 is 0 Å². The highest BCUT2D eigenvalue weighted by atomic mass is 32.2. The van der Waals surface area contributed by atoms with Crippen molar-refractivity contribution in [1.29, 1.82) is 0 Å². The Hall–Kier alpha value is 0.0400. The molecule has 7 heavy (non-hydrogen) atoms. The predicted octanol–water partition coefficient (Wildman–Crippen LogP) is 0.517. The maximum atomic E-state index is 9.90. The molecule has 0 saturated carbocycles. The van der Waals surface area contributed by atoms with Crippen molar-refractivity contribution in [2.75, 3.05) is 12.3 Å². The second kappa shape index (κ2) is 2.37. The molecule has 0 aromatic heterocycles. The van der Waals surface area contributed by atoms with Crippen LogP contribution in [0.15, 0.2) is 4.99 Å². The molecule has 0 radical (unpaired) electrons. The summed E-state index contributed by atoms with van der Waals surface area (Å²) >= 11 is 2.04. The summed E-state index contributed by atoms with van der Waals surface area (Å²) < 4.78 is 10.6. The van der Waals surface area contributed by atoms with Crippen LogP contribution in [0, 0.1) is 0 Å². The summed E-state index contributed by atoms with van der Waals surface area (Å²) in [5.41, 5.74) is 0. The van der Waals surface area contributed by atoms with Crippen molar-refractivity contribution in [1.82, 2.24) is 0 Å². The lowest BCUT2D eigenvalue weighted by atomic mass is 10.8. The third-order valence-corrected chi connectivity index (χ3v) is 2.22. The van der Waals surface area contributed by atoms with E-state index in [2.05, 4.69) is 4.99 Å². The van der Waals surface area contributed by atoms with Gasteiger partial charge in [0.2, 0.25) is 0 Å². The molecular formula is C3H4NOS2+. The molecule has 0 spiro atoms. The van der Waals surface area contributed by atoms with Gasteiger partial charge in [-0.1, -0.05) is 0 Å². The highest BCUT2D eigenvalue weighted by Crippen LogP contribution is 2.09. The lowest BCUT2D eigenvalue weighted by Gasteiger charge is -1.65. The number of nitrogens with zero attached hydrogens (tertiary/aromatic N) is 1. The second-order valence-corrected chi connectivity index (χ2v) is 2.97. The summed E-state index contributed by atoms with van der Waals surface area (Å²) in [7, 11) is 0. The number of hydrogen-bond donors (Lipinski definition) is 0. The first-order valence-corrected chi connectivity index (χ1v) is 3.63. The summed E-state index contributed by atoms with van der Waals surface area (Å²) in [6, 6.07) is 0. The molecule has 0 bridgehead atoms. The maximum absolute atomic E-state index is 9.90. The van der Waals surface area contributed by atoms with E-state index < -0.39 is 0 Å². The van der Waals surface area contributed by atoms with Crippen LogP contribution in [0.3, 0.4) is 0 Å². The Morgan fingerprint density at radius 1 is 1.86 bits per heavy atom. The highest BCUT2D eigenvalue weighted by molar-refractivity contribution is 8.28. The van der Waals surface area contributed by atoms with Crippen LogP contribution < -0.4 is 0 Å². The van der Waals surface area contributed by atoms with E-state index in [0.717, 1.165) is 12.3 Å². The van der Waals surface area contributed by atoms with Gasteiger partial charge in [0, 0.05) is 9.96 Å². The third kappa shape index (κ3) is 1.21. The first kappa shape index (κ1) is 5.18. The zero-order valence-electron chi connectivity index (χ0n) is 3.59. The summed E-state index contributed by atoms with van der Waals surface area (Å²) in [6.07, 6.45) is 0. The van der Waals surface area contributed by atoms with Crippen molar-refractivity contribution >= 4 is 27.8 Å². The van der Waals surface area contributed by atoms with Crippen molar-refractivity contribution in [2.24, 2.45) is 4.99 Å². The van der Waals surface area contributed by atoms with Gasteiger partial charge in [0.05, 0.1) is 6.54 Å². The van der Waals surface area contributed by atoms with Crippen LogP contribution in [0.4, 0.5) is 0 Å². The van der Waals surface area contributed by atoms with E-state index in [-0.39, 0.29) is 0 Å². The lowest BCUT2D eigenvalue weighted by molar-refractivity contribution is 0.610. The molecule has 1 heterocycles. The minimum atomic E-state index is 0.495.